The number of hydrogen-bond donors (Lipinski definition) is 1. The van der Waals surface area contributed by atoms with Crippen molar-refractivity contribution in [3.63, 3.8) is 0 Å². The summed E-state index contributed by atoms with van der Waals surface area (Å²) in [7, 11) is 0. The van der Waals surface area contributed by atoms with Crippen LogP contribution in [0.5, 0.6) is 11.5 Å². The first-order valence-electron chi connectivity index (χ1n) is 11.3. The molecule has 4 aromatic rings. The Bertz CT molecular complexity index is 1350. The van der Waals surface area contributed by atoms with Gasteiger partial charge in [0, 0.05) is 38.8 Å². The van der Waals surface area contributed by atoms with Crippen molar-refractivity contribution in [3.8, 4) is 22.6 Å². The molecule has 3 aromatic carbocycles. The van der Waals surface area contributed by atoms with Crippen LogP contribution in [0.4, 0.5) is 10.1 Å². The molecule has 1 fully saturated rings. The fourth-order valence-electron chi connectivity index (χ4n) is 4.25. The van der Waals surface area contributed by atoms with Gasteiger partial charge in [-0.15, -0.1) is 0 Å². The lowest BCUT2D eigenvalue weighted by Gasteiger charge is -2.36. The summed E-state index contributed by atoms with van der Waals surface area (Å²) < 4.78 is 25.6. The maximum absolute atomic E-state index is 14.0. The van der Waals surface area contributed by atoms with E-state index in [0.29, 0.717) is 40.1 Å². The number of anilines is 1. The van der Waals surface area contributed by atoms with Gasteiger partial charge in [0.15, 0.2) is 5.43 Å². The van der Waals surface area contributed by atoms with Crippen LogP contribution in [0.2, 0.25) is 0 Å². The van der Waals surface area contributed by atoms with Crippen LogP contribution in [0.3, 0.4) is 0 Å². The van der Waals surface area contributed by atoms with Gasteiger partial charge < -0.3 is 19.2 Å². The van der Waals surface area contributed by atoms with Gasteiger partial charge in [0.05, 0.1) is 16.6 Å². The van der Waals surface area contributed by atoms with E-state index in [0.717, 1.165) is 32.7 Å². The molecule has 0 aliphatic carbocycles. The van der Waals surface area contributed by atoms with Crippen molar-refractivity contribution < 1.29 is 18.7 Å². The fourth-order valence-corrected chi connectivity index (χ4v) is 4.25. The number of piperazine rings is 1. The van der Waals surface area contributed by atoms with Crippen molar-refractivity contribution in [2.45, 2.75) is 0 Å². The minimum atomic E-state index is -0.183. The van der Waals surface area contributed by atoms with Gasteiger partial charge in [0.1, 0.15) is 35.8 Å². The maximum atomic E-state index is 14.0. The Morgan fingerprint density at radius 1 is 0.971 bits per heavy atom. The number of fused-ring (bicyclic) bond motifs is 1. The molecule has 0 bridgehead atoms. The van der Waals surface area contributed by atoms with Gasteiger partial charge in [-0.2, -0.15) is 0 Å². The highest BCUT2D eigenvalue weighted by Crippen LogP contribution is 2.25. The number of hydrogen-bond acceptors (Lipinski definition) is 6. The molecule has 0 saturated carbocycles. The van der Waals surface area contributed by atoms with Crippen LogP contribution < -0.4 is 15.1 Å². The summed E-state index contributed by atoms with van der Waals surface area (Å²) in [5.41, 5.74) is 2.11. The van der Waals surface area contributed by atoms with Gasteiger partial charge in [-0.05, 0) is 42.0 Å². The van der Waals surface area contributed by atoms with E-state index in [1.54, 1.807) is 36.4 Å². The predicted octanol–water partition coefficient (Wildman–Crippen LogP) is 4.51. The Hall–Kier alpha value is -3.84. The van der Waals surface area contributed by atoms with E-state index in [2.05, 4.69) is 9.80 Å². The molecular formula is C27H25FN2O4. The number of phenols is 1. The number of aromatic hydroxyl groups is 1. The number of rotatable bonds is 6. The lowest BCUT2D eigenvalue weighted by molar-refractivity contribution is 0.200. The Morgan fingerprint density at radius 3 is 2.50 bits per heavy atom. The zero-order chi connectivity index (χ0) is 23.5. The first-order valence-corrected chi connectivity index (χ1v) is 11.3. The third-order valence-electron chi connectivity index (χ3n) is 6.17. The van der Waals surface area contributed by atoms with Gasteiger partial charge in [0.2, 0.25) is 0 Å². The SMILES string of the molecule is O=c1c(-c2ccc(O)cc2)coc2cc(OCCN3CCN(c4ccccc4F)CC3)ccc12. The highest BCUT2D eigenvalue weighted by molar-refractivity contribution is 5.82. The topological polar surface area (TPSA) is 66.2 Å². The standard InChI is InChI=1S/C27H25FN2O4/c28-24-3-1-2-4-25(24)30-13-11-29(12-14-30)15-16-33-21-9-10-22-26(17-21)34-18-23(27(22)32)19-5-7-20(31)8-6-19/h1-10,17-18,31H,11-16H2. The first-order chi connectivity index (χ1) is 16.6. The molecule has 0 unspecified atom stereocenters. The van der Waals surface area contributed by atoms with Crippen LogP contribution >= 0.6 is 0 Å². The highest BCUT2D eigenvalue weighted by atomic mass is 19.1. The summed E-state index contributed by atoms with van der Waals surface area (Å²) in [4.78, 5) is 17.3. The van der Waals surface area contributed by atoms with Crippen molar-refractivity contribution >= 4 is 16.7 Å². The molecule has 7 heteroatoms. The fraction of sp³-hybridized carbons (Fsp3) is 0.222. The van der Waals surface area contributed by atoms with Gasteiger partial charge >= 0.3 is 0 Å². The van der Waals surface area contributed by atoms with Crippen LogP contribution in [-0.4, -0.2) is 49.3 Å². The van der Waals surface area contributed by atoms with Gasteiger partial charge in [-0.3, -0.25) is 9.69 Å². The zero-order valence-corrected chi connectivity index (χ0v) is 18.6. The lowest BCUT2D eigenvalue weighted by Crippen LogP contribution is -2.47. The van der Waals surface area contributed by atoms with E-state index in [-0.39, 0.29) is 17.0 Å². The smallest absolute Gasteiger partial charge is 0.200 e. The summed E-state index contributed by atoms with van der Waals surface area (Å²) in [6.45, 7) is 4.47. The molecule has 1 aromatic heterocycles. The van der Waals surface area contributed by atoms with Crippen LogP contribution in [0.25, 0.3) is 22.1 Å². The summed E-state index contributed by atoms with van der Waals surface area (Å²) in [6.07, 6.45) is 1.44. The molecule has 1 aliphatic heterocycles. The van der Waals surface area contributed by atoms with Crippen LogP contribution in [0.1, 0.15) is 0 Å². The lowest BCUT2D eigenvalue weighted by atomic mass is 10.1. The quantitative estimate of drug-likeness (QED) is 0.457. The molecular weight excluding hydrogens is 435 g/mol. The number of phenolic OH excluding ortho intramolecular Hbond substituents is 1. The molecule has 1 aliphatic rings. The van der Waals surface area contributed by atoms with Gasteiger partial charge in [-0.1, -0.05) is 24.3 Å². The molecule has 2 heterocycles. The Labute approximate surface area is 196 Å². The summed E-state index contributed by atoms with van der Waals surface area (Å²) in [5, 5.41) is 9.94. The van der Waals surface area contributed by atoms with E-state index in [4.69, 9.17) is 9.15 Å². The third-order valence-corrected chi connectivity index (χ3v) is 6.17. The van der Waals surface area contributed by atoms with E-state index in [9.17, 15) is 14.3 Å². The molecule has 0 spiro atoms. The predicted molar refractivity (Wildman–Crippen MR) is 130 cm³/mol. The molecule has 0 atom stereocenters. The van der Waals surface area contributed by atoms with Crippen LogP contribution in [0.15, 0.2) is 82.2 Å². The van der Waals surface area contributed by atoms with E-state index in [1.165, 1.54) is 24.5 Å². The monoisotopic (exact) mass is 460 g/mol. The number of para-hydroxylation sites is 1. The average molecular weight is 461 g/mol. The van der Waals surface area contributed by atoms with E-state index >= 15 is 0 Å². The minimum absolute atomic E-state index is 0.133. The Morgan fingerprint density at radius 2 is 1.74 bits per heavy atom. The normalized spacial score (nSPS) is 14.4. The number of halogens is 1. The van der Waals surface area contributed by atoms with E-state index < -0.39 is 0 Å². The molecule has 6 nitrogen and oxygen atoms in total. The Balaban J connectivity index is 1.18. The zero-order valence-electron chi connectivity index (χ0n) is 18.6. The summed E-state index contributed by atoms with van der Waals surface area (Å²) in [5.74, 6) is 0.595. The Kier molecular flexibility index (Phi) is 6.18. The molecule has 5 rings (SSSR count). The second-order valence-corrected chi connectivity index (χ2v) is 8.31. The van der Waals surface area contributed by atoms with Crippen molar-refractivity contribution in [2.75, 3.05) is 44.2 Å². The first kappa shape index (κ1) is 22.0. The maximum Gasteiger partial charge on any atom is 0.200 e. The average Bonchev–Trinajstić information content (AvgIpc) is 2.86. The molecule has 0 amide bonds. The van der Waals surface area contributed by atoms with Crippen molar-refractivity contribution in [1.82, 2.24) is 4.90 Å². The largest absolute Gasteiger partial charge is 0.508 e. The van der Waals surface area contributed by atoms with Crippen LogP contribution in [-0.2, 0) is 0 Å². The van der Waals surface area contributed by atoms with E-state index in [1.807, 2.05) is 12.1 Å². The number of nitrogens with zero attached hydrogens (tertiary/aromatic N) is 2. The summed E-state index contributed by atoms with van der Waals surface area (Å²) in [6, 6.07) is 18.5. The molecule has 34 heavy (non-hydrogen) atoms. The minimum Gasteiger partial charge on any atom is -0.508 e. The van der Waals surface area contributed by atoms with Gasteiger partial charge in [-0.25, -0.2) is 4.39 Å². The molecule has 1 N–H and O–H groups in total. The van der Waals surface area contributed by atoms with Gasteiger partial charge in [0.25, 0.3) is 0 Å². The second kappa shape index (κ2) is 9.57. The second-order valence-electron chi connectivity index (χ2n) is 8.31. The molecule has 0 radical (unpaired) electrons. The molecule has 174 valence electrons. The van der Waals surface area contributed by atoms with Crippen molar-refractivity contribution in [3.05, 3.63) is 89.0 Å². The highest BCUT2D eigenvalue weighted by Gasteiger charge is 2.19. The van der Waals surface area contributed by atoms with Crippen molar-refractivity contribution in [1.29, 1.82) is 0 Å². The number of benzene rings is 3. The molecule has 1 saturated heterocycles. The third kappa shape index (κ3) is 4.61. The van der Waals surface area contributed by atoms with Crippen LogP contribution in [0, 0.1) is 5.82 Å². The van der Waals surface area contributed by atoms with Crippen molar-refractivity contribution in [2.24, 2.45) is 0 Å². The summed E-state index contributed by atoms with van der Waals surface area (Å²) >= 11 is 0. The number of ether oxygens (including phenoxy) is 1.